The zero-order valence-corrected chi connectivity index (χ0v) is 12.7. The molecule has 0 aromatic carbocycles. The number of nitrogens with zero attached hydrogens (tertiary/aromatic N) is 1. The Labute approximate surface area is 126 Å². The Morgan fingerprint density at radius 2 is 1.77 bits per heavy atom. The molecule has 3 aliphatic rings. The quantitative estimate of drug-likeness (QED) is 0.774. The molecule has 2 saturated heterocycles. The van der Waals surface area contributed by atoms with Crippen LogP contribution in [0.15, 0.2) is 0 Å². The van der Waals surface area contributed by atoms with Crippen LogP contribution in [0, 0.1) is 5.92 Å². The number of hydrogen-bond donors (Lipinski definition) is 2. The number of alkyl halides is 3. The first kappa shape index (κ1) is 17.5. The van der Waals surface area contributed by atoms with Crippen LogP contribution < -0.4 is 5.32 Å². The molecular formula is C12H19F3N2O4S. The molecule has 22 heavy (non-hydrogen) atoms. The predicted molar refractivity (Wildman–Crippen MR) is 71.7 cm³/mol. The third kappa shape index (κ3) is 3.90. The van der Waals surface area contributed by atoms with Gasteiger partial charge in [-0.2, -0.15) is 17.5 Å². The van der Waals surface area contributed by atoms with Crippen molar-refractivity contribution in [1.29, 1.82) is 0 Å². The van der Waals surface area contributed by atoms with Crippen LogP contribution in [0.25, 0.3) is 0 Å². The smallest absolute Gasteiger partial charge is 0.475 e. The predicted octanol–water partition coefficient (Wildman–Crippen LogP) is 0.796. The lowest BCUT2D eigenvalue weighted by Crippen LogP contribution is -2.46. The molecule has 0 radical (unpaired) electrons. The van der Waals surface area contributed by atoms with E-state index >= 15 is 0 Å². The molecule has 2 atom stereocenters. The largest absolute Gasteiger partial charge is 0.490 e. The van der Waals surface area contributed by atoms with Crippen LogP contribution in [0.3, 0.4) is 0 Å². The van der Waals surface area contributed by atoms with E-state index in [9.17, 15) is 21.6 Å². The molecule has 128 valence electrons. The zero-order valence-electron chi connectivity index (χ0n) is 11.8. The Kier molecular flexibility index (Phi) is 5.03. The summed E-state index contributed by atoms with van der Waals surface area (Å²) in [4.78, 5) is 8.90. The van der Waals surface area contributed by atoms with E-state index in [1.54, 1.807) is 0 Å². The molecule has 0 bridgehead atoms. The highest BCUT2D eigenvalue weighted by atomic mass is 32.2. The number of carboxylic acid groups (broad SMARTS) is 1. The minimum Gasteiger partial charge on any atom is -0.475 e. The van der Waals surface area contributed by atoms with Crippen LogP contribution in [-0.4, -0.2) is 60.9 Å². The molecule has 2 aliphatic heterocycles. The first-order valence-electron chi connectivity index (χ1n) is 7.15. The summed E-state index contributed by atoms with van der Waals surface area (Å²) in [5, 5.41) is 10.4. The van der Waals surface area contributed by atoms with Gasteiger partial charge in [-0.3, -0.25) is 0 Å². The molecule has 3 fully saturated rings. The van der Waals surface area contributed by atoms with E-state index in [0.717, 1.165) is 45.3 Å². The van der Waals surface area contributed by atoms with Gasteiger partial charge in [0.2, 0.25) is 10.0 Å². The molecule has 0 amide bonds. The third-order valence-electron chi connectivity index (χ3n) is 4.17. The van der Waals surface area contributed by atoms with Crippen LogP contribution in [0.5, 0.6) is 0 Å². The highest BCUT2D eigenvalue weighted by Crippen LogP contribution is 2.38. The standard InChI is InChI=1S/C10H18N2O2S.C2HF3O2/c13-15(14,9-1-2-9)12-6-4-8-7-11-5-3-10(8)12;3-2(4,5)1(6)7/h8-11H,1-7H2;(H,6,7)/t8-,10-;/m0./s1. The monoisotopic (exact) mass is 344 g/mol. The summed E-state index contributed by atoms with van der Waals surface area (Å²) in [6, 6.07) is 0.303. The fourth-order valence-electron chi connectivity index (χ4n) is 2.91. The van der Waals surface area contributed by atoms with E-state index in [-0.39, 0.29) is 5.25 Å². The highest BCUT2D eigenvalue weighted by Gasteiger charge is 2.47. The number of fused-ring (bicyclic) bond motifs is 1. The van der Waals surface area contributed by atoms with E-state index < -0.39 is 22.2 Å². The Morgan fingerprint density at radius 3 is 2.27 bits per heavy atom. The van der Waals surface area contributed by atoms with Crippen molar-refractivity contribution in [3.63, 3.8) is 0 Å². The van der Waals surface area contributed by atoms with Crippen molar-refractivity contribution in [2.45, 2.75) is 43.2 Å². The molecule has 6 nitrogen and oxygen atoms in total. The second kappa shape index (κ2) is 6.32. The Morgan fingerprint density at radius 1 is 1.18 bits per heavy atom. The fourth-order valence-corrected chi connectivity index (χ4v) is 5.04. The van der Waals surface area contributed by atoms with Crippen LogP contribution in [0.1, 0.15) is 25.7 Å². The Hall–Kier alpha value is -0.870. The number of halogens is 3. The second-order valence-electron chi connectivity index (χ2n) is 5.77. The van der Waals surface area contributed by atoms with Crippen LogP contribution in [-0.2, 0) is 14.8 Å². The summed E-state index contributed by atoms with van der Waals surface area (Å²) in [5.41, 5.74) is 0. The minimum atomic E-state index is -5.08. The van der Waals surface area contributed by atoms with Gasteiger partial charge >= 0.3 is 12.1 Å². The second-order valence-corrected chi connectivity index (χ2v) is 7.93. The molecule has 1 aliphatic carbocycles. The summed E-state index contributed by atoms with van der Waals surface area (Å²) in [6.45, 7) is 2.73. The number of hydrogen-bond acceptors (Lipinski definition) is 4. The van der Waals surface area contributed by atoms with Crippen molar-refractivity contribution in [1.82, 2.24) is 9.62 Å². The molecule has 0 aromatic heterocycles. The normalized spacial score (nSPS) is 29.4. The highest BCUT2D eigenvalue weighted by molar-refractivity contribution is 7.90. The molecule has 0 aromatic rings. The van der Waals surface area contributed by atoms with Crippen LogP contribution in [0.4, 0.5) is 13.2 Å². The van der Waals surface area contributed by atoms with Gasteiger partial charge in [0.1, 0.15) is 0 Å². The maximum Gasteiger partial charge on any atom is 0.490 e. The topological polar surface area (TPSA) is 86.7 Å². The molecule has 0 unspecified atom stereocenters. The number of piperidine rings is 1. The first-order chi connectivity index (χ1) is 10.1. The summed E-state index contributed by atoms with van der Waals surface area (Å²) >= 11 is 0. The lowest BCUT2D eigenvalue weighted by atomic mass is 9.95. The number of sulfonamides is 1. The van der Waals surface area contributed by atoms with Gasteiger partial charge in [0.15, 0.2) is 0 Å². The summed E-state index contributed by atoms with van der Waals surface area (Å²) < 4.78 is 57.9. The van der Waals surface area contributed by atoms with Crippen molar-refractivity contribution in [3.8, 4) is 0 Å². The first-order valence-corrected chi connectivity index (χ1v) is 8.66. The van der Waals surface area contributed by atoms with E-state index in [4.69, 9.17) is 9.90 Å². The molecule has 2 N–H and O–H groups in total. The number of nitrogens with one attached hydrogen (secondary N) is 1. The van der Waals surface area contributed by atoms with Crippen molar-refractivity contribution >= 4 is 16.0 Å². The molecule has 2 heterocycles. The van der Waals surface area contributed by atoms with E-state index in [1.807, 2.05) is 4.31 Å². The fraction of sp³-hybridized carbons (Fsp3) is 0.917. The lowest BCUT2D eigenvalue weighted by Gasteiger charge is -2.31. The Balaban J connectivity index is 0.000000217. The SMILES string of the molecule is O=C(O)C(F)(F)F.O=S(=O)(C1CC1)N1CC[C@H]2CNCC[C@@H]21. The van der Waals surface area contributed by atoms with Gasteiger partial charge in [0.05, 0.1) is 5.25 Å². The average molecular weight is 344 g/mol. The number of rotatable bonds is 2. The van der Waals surface area contributed by atoms with Crippen LogP contribution >= 0.6 is 0 Å². The van der Waals surface area contributed by atoms with Crippen molar-refractivity contribution in [3.05, 3.63) is 0 Å². The molecule has 1 saturated carbocycles. The van der Waals surface area contributed by atoms with E-state index in [2.05, 4.69) is 5.32 Å². The average Bonchev–Trinajstić information content (AvgIpc) is 3.18. The van der Waals surface area contributed by atoms with Gasteiger partial charge in [-0.15, -0.1) is 0 Å². The minimum absolute atomic E-state index is 0.0360. The number of carbonyl (C=O) groups is 1. The maximum atomic E-state index is 12.2. The number of carboxylic acids is 1. The van der Waals surface area contributed by atoms with E-state index in [0.29, 0.717) is 12.0 Å². The van der Waals surface area contributed by atoms with Crippen molar-refractivity contribution in [2.75, 3.05) is 19.6 Å². The van der Waals surface area contributed by atoms with E-state index in [1.165, 1.54) is 0 Å². The zero-order chi connectivity index (χ0) is 16.5. The van der Waals surface area contributed by atoms with Gasteiger partial charge in [-0.25, -0.2) is 13.2 Å². The molecule has 3 rings (SSSR count). The third-order valence-corrected chi connectivity index (χ3v) is 6.59. The van der Waals surface area contributed by atoms with Crippen LogP contribution in [0.2, 0.25) is 0 Å². The van der Waals surface area contributed by atoms with Gasteiger partial charge < -0.3 is 10.4 Å². The Bertz CT molecular complexity index is 519. The lowest BCUT2D eigenvalue weighted by molar-refractivity contribution is -0.192. The molecule has 10 heteroatoms. The summed E-state index contributed by atoms with van der Waals surface area (Å²) in [7, 11) is -2.93. The van der Waals surface area contributed by atoms with Gasteiger partial charge in [0, 0.05) is 12.6 Å². The summed E-state index contributed by atoms with van der Waals surface area (Å²) in [5.74, 6) is -2.19. The van der Waals surface area contributed by atoms with Crippen molar-refractivity contribution < 1.29 is 31.5 Å². The van der Waals surface area contributed by atoms with Gasteiger partial charge in [0.25, 0.3) is 0 Å². The van der Waals surface area contributed by atoms with Gasteiger partial charge in [-0.1, -0.05) is 0 Å². The van der Waals surface area contributed by atoms with Gasteiger partial charge in [-0.05, 0) is 44.7 Å². The summed E-state index contributed by atoms with van der Waals surface area (Å²) in [6.07, 6.45) is -1.27. The molecular weight excluding hydrogens is 325 g/mol. The molecule has 0 spiro atoms. The number of aliphatic carboxylic acids is 1. The maximum absolute atomic E-state index is 12.2. The van der Waals surface area contributed by atoms with Crippen molar-refractivity contribution in [2.24, 2.45) is 5.92 Å².